The number of carbonyl (C=O) groups is 2. The van der Waals surface area contributed by atoms with E-state index in [1.165, 1.54) is 0 Å². The first kappa shape index (κ1) is 18.0. The highest BCUT2D eigenvalue weighted by molar-refractivity contribution is 6.31. The third-order valence-corrected chi connectivity index (χ3v) is 4.03. The molecule has 0 fully saturated rings. The number of esters is 1. The van der Waals surface area contributed by atoms with Crippen molar-refractivity contribution in [2.45, 2.75) is 26.8 Å². The van der Waals surface area contributed by atoms with E-state index in [2.05, 4.69) is 5.32 Å². The van der Waals surface area contributed by atoms with Crippen molar-refractivity contribution in [1.29, 1.82) is 0 Å². The van der Waals surface area contributed by atoms with Crippen LogP contribution in [0.5, 0.6) is 0 Å². The monoisotopic (exact) mass is 345 g/mol. The van der Waals surface area contributed by atoms with Crippen LogP contribution in [0.2, 0.25) is 5.02 Å². The molecule has 4 nitrogen and oxygen atoms in total. The van der Waals surface area contributed by atoms with Gasteiger partial charge in [0.2, 0.25) is 0 Å². The van der Waals surface area contributed by atoms with Crippen LogP contribution in [0.1, 0.15) is 40.0 Å². The Morgan fingerprint density at radius 1 is 1.17 bits per heavy atom. The van der Waals surface area contributed by atoms with E-state index in [-0.39, 0.29) is 18.6 Å². The third kappa shape index (κ3) is 4.59. The molecular weight excluding hydrogens is 326 g/mol. The normalized spacial score (nSPS) is 11.7. The van der Waals surface area contributed by atoms with Crippen molar-refractivity contribution in [1.82, 2.24) is 5.32 Å². The Balaban J connectivity index is 1.91. The van der Waals surface area contributed by atoms with Crippen LogP contribution in [0.15, 0.2) is 42.5 Å². The van der Waals surface area contributed by atoms with Crippen LogP contribution in [-0.2, 0) is 9.53 Å². The zero-order valence-corrected chi connectivity index (χ0v) is 14.7. The van der Waals surface area contributed by atoms with Gasteiger partial charge in [0.05, 0.1) is 11.6 Å². The number of carbonyl (C=O) groups excluding carboxylic acids is 2. The molecule has 0 unspecified atom stereocenters. The van der Waals surface area contributed by atoms with E-state index in [0.29, 0.717) is 10.6 Å². The van der Waals surface area contributed by atoms with E-state index in [0.717, 1.165) is 16.7 Å². The molecule has 24 heavy (non-hydrogen) atoms. The van der Waals surface area contributed by atoms with Crippen LogP contribution in [0.3, 0.4) is 0 Å². The molecule has 0 aliphatic heterocycles. The second kappa shape index (κ2) is 7.97. The molecule has 2 aromatic carbocycles. The molecule has 0 bridgehead atoms. The Labute approximate surface area is 146 Å². The van der Waals surface area contributed by atoms with Crippen molar-refractivity contribution in [2.24, 2.45) is 0 Å². The topological polar surface area (TPSA) is 55.4 Å². The Hall–Kier alpha value is -2.33. The predicted octanol–water partition coefficient (Wildman–Crippen LogP) is 3.99. The van der Waals surface area contributed by atoms with Crippen LogP contribution in [0, 0.1) is 13.8 Å². The average molecular weight is 346 g/mol. The van der Waals surface area contributed by atoms with E-state index in [9.17, 15) is 9.59 Å². The van der Waals surface area contributed by atoms with Crippen molar-refractivity contribution in [3.8, 4) is 0 Å². The minimum Gasteiger partial charge on any atom is -0.452 e. The summed E-state index contributed by atoms with van der Waals surface area (Å²) in [5.41, 5.74) is 3.17. The van der Waals surface area contributed by atoms with Crippen LogP contribution < -0.4 is 5.32 Å². The van der Waals surface area contributed by atoms with Gasteiger partial charge in [0.1, 0.15) is 0 Å². The highest BCUT2D eigenvalue weighted by Crippen LogP contribution is 2.22. The fourth-order valence-corrected chi connectivity index (χ4v) is 2.74. The number of amides is 1. The minimum atomic E-state index is -0.506. The average Bonchev–Trinajstić information content (AvgIpc) is 2.53. The molecule has 0 radical (unpaired) electrons. The number of nitrogens with one attached hydrogen (secondary N) is 1. The molecule has 5 heteroatoms. The molecular formula is C19H20ClNO3. The number of rotatable bonds is 5. The van der Waals surface area contributed by atoms with E-state index in [1.54, 1.807) is 12.1 Å². The van der Waals surface area contributed by atoms with Crippen LogP contribution >= 0.6 is 11.6 Å². The molecule has 0 spiro atoms. The van der Waals surface area contributed by atoms with Gasteiger partial charge in [-0.1, -0.05) is 47.5 Å². The predicted molar refractivity (Wildman–Crippen MR) is 94.2 cm³/mol. The maximum atomic E-state index is 12.1. The molecule has 2 aromatic rings. The summed E-state index contributed by atoms with van der Waals surface area (Å²) in [6, 6.07) is 12.5. The van der Waals surface area contributed by atoms with E-state index in [4.69, 9.17) is 16.3 Å². The maximum absolute atomic E-state index is 12.1. The number of benzene rings is 2. The molecule has 0 saturated heterocycles. The summed E-state index contributed by atoms with van der Waals surface area (Å²) in [5.74, 6) is -0.881. The third-order valence-electron chi connectivity index (χ3n) is 3.69. The van der Waals surface area contributed by atoms with Crippen LogP contribution in [0.25, 0.3) is 0 Å². The first-order valence-corrected chi connectivity index (χ1v) is 8.04. The summed E-state index contributed by atoms with van der Waals surface area (Å²) >= 11 is 6.10. The zero-order chi connectivity index (χ0) is 17.7. The Kier molecular flexibility index (Phi) is 5.99. The Morgan fingerprint density at radius 2 is 1.88 bits per heavy atom. The molecule has 0 aliphatic carbocycles. The molecule has 0 heterocycles. The molecule has 2 rings (SSSR count). The van der Waals surface area contributed by atoms with Gasteiger partial charge in [0.15, 0.2) is 6.61 Å². The number of aryl methyl sites for hydroxylation is 2. The van der Waals surface area contributed by atoms with Crippen molar-refractivity contribution in [3.05, 3.63) is 69.7 Å². The fraction of sp³-hybridized carbons (Fsp3) is 0.263. The largest absolute Gasteiger partial charge is 0.452 e. The first-order chi connectivity index (χ1) is 11.4. The number of ether oxygens (including phenoxy) is 1. The van der Waals surface area contributed by atoms with E-state index >= 15 is 0 Å². The van der Waals surface area contributed by atoms with Crippen LogP contribution in [-0.4, -0.2) is 18.5 Å². The molecule has 0 saturated carbocycles. The van der Waals surface area contributed by atoms with E-state index < -0.39 is 5.97 Å². The molecule has 0 aromatic heterocycles. The number of halogens is 1. The van der Waals surface area contributed by atoms with Crippen molar-refractivity contribution >= 4 is 23.5 Å². The van der Waals surface area contributed by atoms with Crippen molar-refractivity contribution in [3.63, 3.8) is 0 Å². The molecule has 1 N–H and O–H groups in total. The molecule has 126 valence electrons. The van der Waals surface area contributed by atoms with Crippen molar-refractivity contribution in [2.75, 3.05) is 6.61 Å². The highest BCUT2D eigenvalue weighted by atomic mass is 35.5. The smallest absolute Gasteiger partial charge is 0.338 e. The van der Waals surface area contributed by atoms with Gasteiger partial charge in [-0.3, -0.25) is 4.79 Å². The summed E-state index contributed by atoms with van der Waals surface area (Å²) in [4.78, 5) is 24.0. The standard InChI is InChI=1S/C19H20ClNO3/c1-12-8-9-15(13(2)10-12)19(23)24-11-18(22)21-14(3)16-6-4-5-7-17(16)20/h4-10,14H,11H2,1-3H3,(H,21,22)/t14-/m0/s1. The van der Waals surface area contributed by atoms with Gasteiger partial charge in [0.25, 0.3) is 5.91 Å². The lowest BCUT2D eigenvalue weighted by molar-refractivity contribution is -0.124. The maximum Gasteiger partial charge on any atom is 0.338 e. The van der Waals surface area contributed by atoms with Gasteiger partial charge < -0.3 is 10.1 Å². The summed E-state index contributed by atoms with van der Waals surface area (Å²) in [5, 5.41) is 3.35. The molecule has 1 amide bonds. The molecule has 0 aliphatic rings. The van der Waals surface area contributed by atoms with Gasteiger partial charge in [0, 0.05) is 5.02 Å². The SMILES string of the molecule is Cc1ccc(C(=O)OCC(=O)N[C@@H](C)c2ccccc2Cl)c(C)c1. The summed E-state index contributed by atoms with van der Waals surface area (Å²) in [6.45, 7) is 5.28. The summed E-state index contributed by atoms with van der Waals surface area (Å²) in [6.07, 6.45) is 0. The van der Waals surface area contributed by atoms with Gasteiger partial charge in [-0.2, -0.15) is 0 Å². The quantitative estimate of drug-likeness (QED) is 0.833. The summed E-state index contributed by atoms with van der Waals surface area (Å²) < 4.78 is 5.09. The van der Waals surface area contributed by atoms with E-state index in [1.807, 2.05) is 51.1 Å². The lowest BCUT2D eigenvalue weighted by atomic mass is 10.1. The molecule has 1 atom stereocenters. The van der Waals surface area contributed by atoms with Crippen molar-refractivity contribution < 1.29 is 14.3 Å². The Morgan fingerprint density at radius 3 is 2.54 bits per heavy atom. The minimum absolute atomic E-state index is 0.272. The lowest BCUT2D eigenvalue weighted by Crippen LogP contribution is -2.31. The highest BCUT2D eigenvalue weighted by Gasteiger charge is 2.15. The second-order valence-electron chi connectivity index (χ2n) is 5.71. The van der Waals surface area contributed by atoms with Crippen LogP contribution in [0.4, 0.5) is 0 Å². The van der Waals surface area contributed by atoms with Gasteiger partial charge >= 0.3 is 5.97 Å². The fourth-order valence-electron chi connectivity index (χ4n) is 2.44. The first-order valence-electron chi connectivity index (χ1n) is 7.66. The van der Waals surface area contributed by atoms with Gasteiger partial charge in [-0.25, -0.2) is 4.79 Å². The van der Waals surface area contributed by atoms with Gasteiger partial charge in [-0.15, -0.1) is 0 Å². The second-order valence-corrected chi connectivity index (χ2v) is 6.11. The number of hydrogen-bond acceptors (Lipinski definition) is 3. The number of hydrogen-bond donors (Lipinski definition) is 1. The zero-order valence-electron chi connectivity index (χ0n) is 13.9. The lowest BCUT2D eigenvalue weighted by Gasteiger charge is -2.16. The summed E-state index contributed by atoms with van der Waals surface area (Å²) in [7, 11) is 0. The Bertz CT molecular complexity index is 758. The van der Waals surface area contributed by atoms with Gasteiger partial charge in [-0.05, 0) is 44.0 Å².